The molecule has 1 saturated heterocycles. The number of amides is 1. The summed E-state index contributed by atoms with van der Waals surface area (Å²) in [5, 5.41) is 2.93. The number of hydrogen-bond acceptors (Lipinski definition) is 4. The number of carbonyl (C=O) groups is 1. The van der Waals surface area contributed by atoms with Gasteiger partial charge in [0.1, 0.15) is 6.10 Å². The van der Waals surface area contributed by atoms with Crippen molar-refractivity contribution >= 4 is 5.91 Å². The fourth-order valence-electron chi connectivity index (χ4n) is 2.49. The van der Waals surface area contributed by atoms with Crippen LogP contribution in [0.15, 0.2) is 18.2 Å². The normalized spacial score (nSPS) is 20.7. The molecule has 2 heterocycles. The van der Waals surface area contributed by atoms with Gasteiger partial charge < -0.3 is 19.5 Å². The van der Waals surface area contributed by atoms with E-state index in [0.29, 0.717) is 13.2 Å². The smallest absolute Gasteiger partial charge is 0.249 e. The van der Waals surface area contributed by atoms with Crippen LogP contribution in [0.4, 0.5) is 0 Å². The first-order chi connectivity index (χ1) is 9.83. The molecule has 1 amide bonds. The standard InChI is InChI=1S/C15H19NO4/c17-15(13-3-1-2-8-18-13)16-7-6-11-4-5-12-14(9-11)20-10-19-12/h4-5,9,13H,1-3,6-8,10H2,(H,16,17)/t13-/m0/s1. The molecule has 0 spiro atoms. The van der Waals surface area contributed by atoms with Crippen LogP contribution in [0.2, 0.25) is 0 Å². The minimum Gasteiger partial charge on any atom is -0.454 e. The Bertz CT molecular complexity index is 483. The number of benzene rings is 1. The molecule has 0 radical (unpaired) electrons. The Morgan fingerprint density at radius 2 is 2.15 bits per heavy atom. The van der Waals surface area contributed by atoms with E-state index >= 15 is 0 Å². The third-order valence-corrected chi connectivity index (χ3v) is 3.62. The zero-order valence-corrected chi connectivity index (χ0v) is 11.4. The van der Waals surface area contributed by atoms with Crippen molar-refractivity contribution in [1.29, 1.82) is 0 Å². The van der Waals surface area contributed by atoms with Crippen molar-refractivity contribution in [3.8, 4) is 11.5 Å². The van der Waals surface area contributed by atoms with E-state index in [1.807, 2.05) is 18.2 Å². The van der Waals surface area contributed by atoms with Crippen molar-refractivity contribution < 1.29 is 19.0 Å². The summed E-state index contributed by atoms with van der Waals surface area (Å²) in [6, 6.07) is 5.87. The van der Waals surface area contributed by atoms with Crippen molar-refractivity contribution in [3.63, 3.8) is 0 Å². The van der Waals surface area contributed by atoms with E-state index in [0.717, 1.165) is 42.7 Å². The SMILES string of the molecule is O=C(NCCc1ccc2c(c1)OCO2)[C@@H]1CCCCO1. The lowest BCUT2D eigenvalue weighted by Crippen LogP contribution is -2.39. The van der Waals surface area contributed by atoms with Gasteiger partial charge in [0.25, 0.3) is 0 Å². The lowest BCUT2D eigenvalue weighted by atomic mass is 10.1. The summed E-state index contributed by atoms with van der Waals surface area (Å²) in [5.41, 5.74) is 1.12. The predicted molar refractivity (Wildman–Crippen MR) is 72.9 cm³/mol. The van der Waals surface area contributed by atoms with E-state index in [2.05, 4.69) is 5.32 Å². The van der Waals surface area contributed by atoms with E-state index < -0.39 is 0 Å². The van der Waals surface area contributed by atoms with Gasteiger partial charge in [-0.1, -0.05) is 6.07 Å². The highest BCUT2D eigenvalue weighted by atomic mass is 16.7. The summed E-state index contributed by atoms with van der Waals surface area (Å²) < 4.78 is 16.1. The van der Waals surface area contributed by atoms with E-state index in [1.54, 1.807) is 0 Å². The molecule has 0 unspecified atom stereocenters. The second kappa shape index (κ2) is 6.13. The van der Waals surface area contributed by atoms with Crippen LogP contribution >= 0.6 is 0 Å². The van der Waals surface area contributed by atoms with Gasteiger partial charge in [-0.25, -0.2) is 0 Å². The molecular weight excluding hydrogens is 258 g/mol. The molecule has 5 nitrogen and oxygen atoms in total. The monoisotopic (exact) mass is 277 g/mol. The van der Waals surface area contributed by atoms with E-state index in [4.69, 9.17) is 14.2 Å². The molecule has 20 heavy (non-hydrogen) atoms. The van der Waals surface area contributed by atoms with Gasteiger partial charge in [-0.3, -0.25) is 4.79 Å². The Morgan fingerprint density at radius 3 is 3.00 bits per heavy atom. The summed E-state index contributed by atoms with van der Waals surface area (Å²) in [6.07, 6.45) is 3.46. The number of fused-ring (bicyclic) bond motifs is 1. The van der Waals surface area contributed by atoms with Crippen LogP contribution in [0.1, 0.15) is 24.8 Å². The first-order valence-corrected chi connectivity index (χ1v) is 7.11. The number of rotatable bonds is 4. The number of hydrogen-bond donors (Lipinski definition) is 1. The van der Waals surface area contributed by atoms with Gasteiger partial charge >= 0.3 is 0 Å². The first kappa shape index (κ1) is 13.2. The molecule has 1 aromatic carbocycles. The Morgan fingerprint density at radius 1 is 1.25 bits per heavy atom. The highest BCUT2D eigenvalue weighted by molar-refractivity contribution is 5.80. The van der Waals surface area contributed by atoms with Gasteiger partial charge in [-0.15, -0.1) is 0 Å². The van der Waals surface area contributed by atoms with Crippen LogP contribution < -0.4 is 14.8 Å². The molecule has 1 atom stereocenters. The van der Waals surface area contributed by atoms with E-state index in [9.17, 15) is 4.79 Å². The van der Waals surface area contributed by atoms with Crippen molar-refractivity contribution in [2.24, 2.45) is 0 Å². The lowest BCUT2D eigenvalue weighted by molar-refractivity contribution is -0.135. The summed E-state index contributed by atoms with van der Waals surface area (Å²) in [5.74, 6) is 1.57. The first-order valence-electron chi connectivity index (χ1n) is 7.11. The molecule has 0 saturated carbocycles. The van der Waals surface area contributed by atoms with Crippen molar-refractivity contribution in [3.05, 3.63) is 23.8 Å². The third-order valence-electron chi connectivity index (χ3n) is 3.62. The van der Waals surface area contributed by atoms with Gasteiger partial charge in [-0.2, -0.15) is 0 Å². The van der Waals surface area contributed by atoms with Crippen LogP contribution in [0.5, 0.6) is 11.5 Å². The zero-order valence-electron chi connectivity index (χ0n) is 11.4. The maximum absolute atomic E-state index is 11.9. The lowest BCUT2D eigenvalue weighted by Gasteiger charge is -2.21. The predicted octanol–water partition coefficient (Wildman–Crippen LogP) is 1.64. The topological polar surface area (TPSA) is 56.8 Å². The van der Waals surface area contributed by atoms with Gasteiger partial charge in [0, 0.05) is 13.2 Å². The molecule has 1 fully saturated rings. The molecule has 1 N–H and O–H groups in total. The van der Waals surface area contributed by atoms with Crippen LogP contribution in [0, 0.1) is 0 Å². The van der Waals surface area contributed by atoms with Crippen molar-refractivity contribution in [2.75, 3.05) is 19.9 Å². The maximum atomic E-state index is 11.9. The molecule has 2 aliphatic rings. The highest BCUT2D eigenvalue weighted by Gasteiger charge is 2.21. The fraction of sp³-hybridized carbons (Fsp3) is 0.533. The summed E-state index contributed by atoms with van der Waals surface area (Å²) in [7, 11) is 0. The average molecular weight is 277 g/mol. The highest BCUT2D eigenvalue weighted by Crippen LogP contribution is 2.32. The summed E-state index contributed by atoms with van der Waals surface area (Å²) in [6.45, 7) is 1.59. The number of nitrogens with one attached hydrogen (secondary N) is 1. The average Bonchev–Trinajstić information content (AvgIpc) is 2.95. The van der Waals surface area contributed by atoms with Crippen molar-refractivity contribution in [1.82, 2.24) is 5.32 Å². The van der Waals surface area contributed by atoms with Gasteiger partial charge in [0.15, 0.2) is 11.5 Å². The molecule has 0 aromatic heterocycles. The fourth-order valence-corrected chi connectivity index (χ4v) is 2.49. The Balaban J connectivity index is 1.46. The Kier molecular flexibility index (Phi) is 4.06. The zero-order chi connectivity index (χ0) is 13.8. The molecule has 108 valence electrons. The van der Waals surface area contributed by atoms with Gasteiger partial charge in [0.05, 0.1) is 0 Å². The molecular formula is C15H19NO4. The second-order valence-corrected chi connectivity index (χ2v) is 5.08. The largest absolute Gasteiger partial charge is 0.454 e. The summed E-state index contributed by atoms with van der Waals surface area (Å²) >= 11 is 0. The third kappa shape index (κ3) is 3.04. The second-order valence-electron chi connectivity index (χ2n) is 5.08. The molecule has 2 aliphatic heterocycles. The molecule has 0 bridgehead atoms. The Hall–Kier alpha value is -1.75. The van der Waals surface area contributed by atoms with Crippen LogP contribution in [0.25, 0.3) is 0 Å². The van der Waals surface area contributed by atoms with Crippen molar-refractivity contribution in [2.45, 2.75) is 31.8 Å². The van der Waals surface area contributed by atoms with E-state index in [1.165, 1.54) is 0 Å². The minimum atomic E-state index is -0.263. The molecule has 3 rings (SSSR count). The Labute approximate surface area is 118 Å². The minimum absolute atomic E-state index is 0.00504. The van der Waals surface area contributed by atoms with Crippen LogP contribution in [-0.2, 0) is 16.0 Å². The summed E-state index contributed by atoms with van der Waals surface area (Å²) in [4.78, 5) is 11.9. The number of ether oxygens (including phenoxy) is 3. The molecule has 1 aromatic rings. The van der Waals surface area contributed by atoms with E-state index in [-0.39, 0.29) is 18.8 Å². The van der Waals surface area contributed by atoms with Gasteiger partial charge in [-0.05, 0) is 43.4 Å². The molecule has 0 aliphatic carbocycles. The van der Waals surface area contributed by atoms with Gasteiger partial charge in [0.2, 0.25) is 12.7 Å². The number of carbonyl (C=O) groups excluding carboxylic acids is 1. The molecule has 5 heteroatoms. The van der Waals surface area contributed by atoms with Crippen LogP contribution in [-0.4, -0.2) is 32.0 Å². The maximum Gasteiger partial charge on any atom is 0.249 e. The van der Waals surface area contributed by atoms with Crippen LogP contribution in [0.3, 0.4) is 0 Å². The quantitative estimate of drug-likeness (QED) is 0.909.